The van der Waals surface area contributed by atoms with Crippen LogP contribution >= 0.6 is 23.1 Å². The molecule has 1 N–H and O–H groups in total. The lowest BCUT2D eigenvalue weighted by Crippen LogP contribution is -2.42. The second kappa shape index (κ2) is 7.11. The molecular weight excluding hydrogens is 478 g/mol. The molecule has 1 saturated heterocycles. The summed E-state index contributed by atoms with van der Waals surface area (Å²) in [5.74, 6) is -2.10. The number of aromatic amines is 1. The maximum absolute atomic E-state index is 13.7. The van der Waals surface area contributed by atoms with Gasteiger partial charge >= 0.3 is 4.87 Å². The molecule has 2 saturated carbocycles. The third-order valence-corrected chi connectivity index (χ3v) is 10.6. The summed E-state index contributed by atoms with van der Waals surface area (Å²) in [5, 5.41) is 0.894. The second-order valence-corrected chi connectivity index (χ2v) is 11.7. The number of carbonyl (C=O) groups is 2. The van der Waals surface area contributed by atoms with Gasteiger partial charge in [-0.3, -0.25) is 19.3 Å². The molecule has 7 atom stereocenters. The summed E-state index contributed by atoms with van der Waals surface area (Å²) in [5.41, 5.74) is 1.32. The Morgan fingerprint density at radius 3 is 2.15 bits per heavy atom. The van der Waals surface area contributed by atoms with E-state index >= 15 is 0 Å². The molecule has 3 aromatic rings. The minimum Gasteiger partial charge on any atom is -0.307 e. The first-order chi connectivity index (χ1) is 16.4. The highest BCUT2D eigenvalue weighted by Crippen LogP contribution is 2.68. The van der Waals surface area contributed by atoms with Crippen LogP contribution in [0.5, 0.6) is 0 Å². The van der Waals surface area contributed by atoms with Crippen molar-refractivity contribution in [2.45, 2.75) is 22.6 Å². The Balaban J connectivity index is 1.32. The number of thiazole rings is 1. The van der Waals surface area contributed by atoms with Crippen molar-refractivity contribution in [2.75, 3.05) is 4.90 Å². The molecule has 0 radical (unpaired) electrons. The predicted octanol–water partition coefficient (Wildman–Crippen LogP) is 4.39. The Morgan fingerprint density at radius 1 is 0.853 bits per heavy atom. The predicted molar refractivity (Wildman–Crippen MR) is 124 cm³/mol. The first-order valence-corrected chi connectivity index (χ1v) is 12.9. The number of hydrogen-bond donors (Lipinski definition) is 1. The van der Waals surface area contributed by atoms with Crippen LogP contribution in [-0.2, 0) is 9.59 Å². The number of carbonyl (C=O) groups excluding carboxylic acids is 2. The molecule has 2 aliphatic carbocycles. The van der Waals surface area contributed by atoms with Gasteiger partial charge in [-0.25, -0.2) is 8.78 Å². The number of rotatable bonds is 2. The number of anilines is 1. The molecule has 2 amide bonds. The van der Waals surface area contributed by atoms with Crippen molar-refractivity contribution < 1.29 is 18.4 Å². The monoisotopic (exact) mass is 496 g/mol. The largest absolute Gasteiger partial charge is 0.307 e. The van der Waals surface area contributed by atoms with Gasteiger partial charge in [-0.15, -0.1) is 11.8 Å². The lowest BCUT2D eigenvalue weighted by Gasteiger charge is -2.43. The van der Waals surface area contributed by atoms with E-state index in [2.05, 4.69) is 4.98 Å². The van der Waals surface area contributed by atoms with Gasteiger partial charge in [0, 0.05) is 16.0 Å². The summed E-state index contributed by atoms with van der Waals surface area (Å²) < 4.78 is 27.2. The second-order valence-electron chi connectivity index (χ2n) is 9.50. The maximum atomic E-state index is 13.7. The van der Waals surface area contributed by atoms with Crippen molar-refractivity contribution >= 4 is 40.6 Å². The molecule has 4 aliphatic rings. The van der Waals surface area contributed by atoms with E-state index in [1.807, 2.05) is 0 Å². The van der Waals surface area contributed by atoms with Crippen LogP contribution in [0.2, 0.25) is 0 Å². The highest BCUT2D eigenvalue weighted by Gasteiger charge is 2.69. The third-order valence-electron chi connectivity index (χ3n) is 8.04. The van der Waals surface area contributed by atoms with Gasteiger partial charge in [0.05, 0.1) is 22.5 Å². The van der Waals surface area contributed by atoms with Crippen LogP contribution in [0.3, 0.4) is 0 Å². The summed E-state index contributed by atoms with van der Waals surface area (Å²) in [6.07, 6.45) is 0.781. The van der Waals surface area contributed by atoms with E-state index in [9.17, 15) is 23.2 Å². The van der Waals surface area contributed by atoms with Crippen molar-refractivity contribution in [1.82, 2.24) is 4.98 Å². The smallest absolute Gasteiger partial charge is 0.305 e. The summed E-state index contributed by atoms with van der Waals surface area (Å²) >= 11 is 2.79. The van der Waals surface area contributed by atoms with E-state index in [4.69, 9.17) is 0 Å². The molecule has 0 unspecified atom stereocenters. The number of H-pyrrole nitrogens is 1. The molecule has 2 aromatic carbocycles. The van der Waals surface area contributed by atoms with Crippen LogP contribution in [0, 0.1) is 41.2 Å². The van der Waals surface area contributed by atoms with E-state index in [-0.39, 0.29) is 51.4 Å². The summed E-state index contributed by atoms with van der Waals surface area (Å²) in [7, 11) is 0. The van der Waals surface area contributed by atoms with E-state index < -0.39 is 17.7 Å². The lowest BCUT2D eigenvalue weighted by molar-refractivity contribution is -0.123. The zero-order valence-electron chi connectivity index (χ0n) is 17.6. The van der Waals surface area contributed by atoms with E-state index in [1.54, 1.807) is 23.9 Å². The van der Waals surface area contributed by atoms with Crippen molar-refractivity contribution in [3.63, 3.8) is 0 Å². The van der Waals surface area contributed by atoms with Crippen molar-refractivity contribution in [3.05, 3.63) is 80.3 Å². The fourth-order valence-corrected chi connectivity index (χ4v) is 9.79. The van der Waals surface area contributed by atoms with Crippen LogP contribution in [-0.4, -0.2) is 22.0 Å². The van der Waals surface area contributed by atoms with E-state index in [0.29, 0.717) is 5.69 Å². The number of amides is 2. The first-order valence-electron chi connectivity index (χ1n) is 11.2. The number of halogens is 2. The van der Waals surface area contributed by atoms with Gasteiger partial charge < -0.3 is 4.98 Å². The van der Waals surface area contributed by atoms with Crippen LogP contribution < -0.4 is 9.77 Å². The van der Waals surface area contributed by atoms with Crippen molar-refractivity contribution in [1.29, 1.82) is 0 Å². The highest BCUT2D eigenvalue weighted by molar-refractivity contribution is 8.00. The Labute approximate surface area is 201 Å². The molecule has 7 rings (SSSR count). The average molecular weight is 497 g/mol. The molecule has 0 spiro atoms. The molecule has 9 heteroatoms. The van der Waals surface area contributed by atoms with Gasteiger partial charge in [0.15, 0.2) is 0 Å². The minimum atomic E-state index is -0.426. The summed E-state index contributed by atoms with van der Waals surface area (Å²) in [6, 6.07) is 11.8. The molecule has 3 fully saturated rings. The summed E-state index contributed by atoms with van der Waals surface area (Å²) in [6.45, 7) is 0. The Morgan fingerprint density at radius 2 is 1.47 bits per heavy atom. The molecule has 3 heterocycles. The number of thioether (sulfide) groups is 1. The number of fused-ring (bicyclic) bond motifs is 9. The van der Waals surface area contributed by atoms with Gasteiger partial charge in [0.2, 0.25) is 11.8 Å². The molecule has 2 aliphatic heterocycles. The van der Waals surface area contributed by atoms with Crippen LogP contribution in [0.4, 0.5) is 14.5 Å². The zero-order valence-corrected chi connectivity index (χ0v) is 19.2. The van der Waals surface area contributed by atoms with Gasteiger partial charge in [0.25, 0.3) is 0 Å². The topological polar surface area (TPSA) is 70.2 Å². The fourth-order valence-electron chi connectivity index (χ4n) is 6.90. The molecule has 1 aromatic heterocycles. The summed E-state index contributed by atoms with van der Waals surface area (Å²) in [4.78, 5) is 44.3. The Bertz CT molecular complexity index is 1400. The molecule has 2 bridgehead atoms. The Kier molecular flexibility index (Phi) is 4.31. The number of nitrogens with zero attached hydrogens (tertiary/aromatic N) is 1. The number of nitrogens with one attached hydrogen (secondary N) is 1. The van der Waals surface area contributed by atoms with E-state index in [1.165, 1.54) is 52.6 Å². The lowest BCUT2D eigenvalue weighted by atomic mass is 9.68. The SMILES string of the molecule is O=C1[C@@H]2[C@H]3C[C@@H]([C@H]4Sc5[nH]c(=O)sc5[C@H](c5ccc(F)cc5)[C@@H]34)[C@H]2C(=O)N1c1ccc(F)cc1. The molecule has 172 valence electrons. The fraction of sp³-hybridized carbons (Fsp3) is 0.320. The average Bonchev–Trinajstić information content (AvgIpc) is 3.54. The normalized spacial score (nSPS) is 33.2. The van der Waals surface area contributed by atoms with Crippen molar-refractivity contribution in [3.8, 4) is 0 Å². The van der Waals surface area contributed by atoms with Gasteiger partial charge in [-0.2, -0.15) is 0 Å². The first kappa shape index (κ1) is 20.6. The van der Waals surface area contributed by atoms with Crippen LogP contribution in [0.15, 0.2) is 58.4 Å². The standard InChI is InChI=1S/C25H18F2N2O3S2/c26-11-3-1-10(2-4-11)16-17-14-9-15(20(17)33-22-21(16)34-25(32)28-22)19-18(14)23(30)29(24(19)31)13-7-5-12(27)6-8-13/h1-8,14-20H,9H2,(H,28,32)/t14-,15+,16+,17+,18+,19+,20+/m0/s1. The quantitative estimate of drug-likeness (QED) is 0.535. The number of hydrogen-bond acceptors (Lipinski definition) is 5. The number of imide groups is 1. The highest BCUT2D eigenvalue weighted by atomic mass is 32.2. The zero-order chi connectivity index (χ0) is 23.3. The van der Waals surface area contributed by atoms with Crippen LogP contribution in [0.25, 0.3) is 0 Å². The molecule has 5 nitrogen and oxygen atoms in total. The Hall–Kier alpha value is -2.78. The number of aromatic nitrogens is 1. The minimum absolute atomic E-state index is 0.00592. The molecular formula is C25H18F2N2O3S2. The van der Waals surface area contributed by atoms with Gasteiger partial charge in [-0.1, -0.05) is 23.5 Å². The van der Waals surface area contributed by atoms with Gasteiger partial charge in [0.1, 0.15) is 11.6 Å². The number of benzene rings is 2. The van der Waals surface area contributed by atoms with Gasteiger partial charge in [-0.05, 0) is 66.1 Å². The molecule has 34 heavy (non-hydrogen) atoms. The third kappa shape index (κ3) is 2.68. The van der Waals surface area contributed by atoms with E-state index in [0.717, 1.165) is 21.9 Å². The van der Waals surface area contributed by atoms with Crippen LogP contribution in [0.1, 0.15) is 22.8 Å². The maximum Gasteiger partial charge on any atom is 0.305 e. The van der Waals surface area contributed by atoms with Crippen molar-refractivity contribution in [2.24, 2.45) is 29.6 Å².